The number of thiophene rings is 1. The van der Waals surface area contributed by atoms with Crippen LogP contribution in [0.15, 0.2) is 40.5 Å². The molecule has 4 nitrogen and oxygen atoms in total. The molecule has 0 aliphatic heterocycles. The van der Waals surface area contributed by atoms with Crippen LogP contribution in [0.4, 0.5) is 0 Å². The van der Waals surface area contributed by atoms with Crippen LogP contribution in [0.2, 0.25) is 0 Å². The zero-order chi connectivity index (χ0) is 15.0. The molecule has 0 saturated heterocycles. The fraction of sp³-hybridized carbons (Fsp3) is 0.125. The molecule has 0 saturated carbocycles. The Balaban J connectivity index is 2.21. The Labute approximate surface area is 125 Å². The smallest absolute Gasteiger partial charge is 0.262 e. The normalized spacial score (nSPS) is 10.8. The summed E-state index contributed by atoms with van der Waals surface area (Å²) in [6.45, 7) is 3.84. The lowest BCUT2D eigenvalue weighted by atomic mass is 10.0. The Kier molecular flexibility index (Phi) is 3.35. The Bertz CT molecular complexity index is 865. The highest BCUT2D eigenvalue weighted by Gasteiger charge is 2.16. The molecule has 0 amide bonds. The topological polar surface area (TPSA) is 66.0 Å². The Morgan fingerprint density at radius 2 is 1.90 bits per heavy atom. The van der Waals surface area contributed by atoms with Crippen molar-refractivity contribution < 1.29 is 5.11 Å². The summed E-state index contributed by atoms with van der Waals surface area (Å²) in [6.07, 6.45) is 0. The first kappa shape index (κ1) is 13.6. The lowest BCUT2D eigenvalue weighted by Crippen LogP contribution is -2.12. The van der Waals surface area contributed by atoms with Crippen LogP contribution < -0.4 is 5.56 Å². The average Bonchev–Trinajstić information content (AvgIpc) is 2.86. The minimum Gasteiger partial charge on any atom is -0.493 e. The molecule has 2 N–H and O–H groups in total. The maximum atomic E-state index is 12.4. The number of aryl methyl sites for hydroxylation is 2. The van der Waals surface area contributed by atoms with Crippen LogP contribution in [0.5, 0.6) is 5.88 Å². The first-order valence-corrected chi connectivity index (χ1v) is 7.39. The summed E-state index contributed by atoms with van der Waals surface area (Å²) in [7, 11) is 0. The van der Waals surface area contributed by atoms with Crippen LogP contribution in [-0.2, 0) is 0 Å². The number of nitrogens with one attached hydrogen (secondary N) is 1. The molecule has 0 spiro atoms. The molecular weight excluding hydrogens is 284 g/mol. The zero-order valence-corrected chi connectivity index (χ0v) is 12.5. The van der Waals surface area contributed by atoms with E-state index in [9.17, 15) is 9.90 Å². The predicted octanol–water partition coefficient (Wildman–Crippen LogP) is 3.49. The van der Waals surface area contributed by atoms with Crippen LogP contribution in [0, 0.1) is 13.8 Å². The third-order valence-electron chi connectivity index (χ3n) is 3.39. The van der Waals surface area contributed by atoms with Gasteiger partial charge in [-0.05, 0) is 42.0 Å². The third-order valence-corrected chi connectivity index (χ3v) is 4.42. The zero-order valence-electron chi connectivity index (χ0n) is 11.7. The van der Waals surface area contributed by atoms with E-state index in [2.05, 4.69) is 9.97 Å². The van der Waals surface area contributed by atoms with Gasteiger partial charge >= 0.3 is 0 Å². The highest BCUT2D eigenvalue weighted by molar-refractivity contribution is 7.13. The summed E-state index contributed by atoms with van der Waals surface area (Å²) in [5.41, 5.74) is 2.51. The van der Waals surface area contributed by atoms with Crippen molar-refractivity contribution in [1.29, 1.82) is 0 Å². The molecule has 5 heteroatoms. The summed E-state index contributed by atoms with van der Waals surface area (Å²) in [5, 5.41) is 12.1. The fourth-order valence-corrected chi connectivity index (χ4v) is 3.15. The Morgan fingerprint density at radius 3 is 2.52 bits per heavy atom. The van der Waals surface area contributed by atoms with E-state index in [0.717, 1.165) is 16.0 Å². The lowest BCUT2D eigenvalue weighted by molar-refractivity contribution is 0.454. The monoisotopic (exact) mass is 298 g/mol. The van der Waals surface area contributed by atoms with Gasteiger partial charge in [-0.1, -0.05) is 24.3 Å². The number of H-pyrrole nitrogens is 1. The molecular formula is C16H14N2O2S. The van der Waals surface area contributed by atoms with Crippen LogP contribution >= 0.6 is 11.3 Å². The van der Waals surface area contributed by atoms with Crippen molar-refractivity contribution in [3.63, 3.8) is 0 Å². The van der Waals surface area contributed by atoms with Gasteiger partial charge in [-0.2, -0.15) is 4.98 Å². The van der Waals surface area contributed by atoms with Crippen molar-refractivity contribution in [2.45, 2.75) is 13.8 Å². The van der Waals surface area contributed by atoms with Crippen molar-refractivity contribution in [3.05, 3.63) is 57.2 Å². The van der Waals surface area contributed by atoms with Gasteiger partial charge in [0, 0.05) is 0 Å². The number of benzene rings is 1. The molecule has 21 heavy (non-hydrogen) atoms. The average molecular weight is 298 g/mol. The number of hydrogen-bond acceptors (Lipinski definition) is 4. The van der Waals surface area contributed by atoms with Gasteiger partial charge < -0.3 is 10.1 Å². The van der Waals surface area contributed by atoms with Crippen molar-refractivity contribution in [2.24, 2.45) is 0 Å². The number of nitrogens with zero attached hydrogens (tertiary/aromatic N) is 1. The molecule has 0 aliphatic rings. The SMILES string of the molecule is Cc1ccccc1-c1c(O)nc(-c2sccc2C)[nH]c1=O. The van der Waals surface area contributed by atoms with E-state index in [1.807, 2.05) is 43.5 Å². The molecule has 2 aromatic heterocycles. The van der Waals surface area contributed by atoms with E-state index in [-0.39, 0.29) is 17.0 Å². The molecule has 3 rings (SSSR count). The quantitative estimate of drug-likeness (QED) is 0.761. The van der Waals surface area contributed by atoms with Crippen LogP contribution in [0.1, 0.15) is 11.1 Å². The van der Waals surface area contributed by atoms with Crippen molar-refractivity contribution >= 4 is 11.3 Å². The summed E-state index contributed by atoms with van der Waals surface area (Å²) in [6, 6.07) is 9.37. The summed E-state index contributed by atoms with van der Waals surface area (Å²) in [4.78, 5) is 20.2. The molecule has 2 heterocycles. The first-order valence-electron chi connectivity index (χ1n) is 6.51. The van der Waals surface area contributed by atoms with Gasteiger partial charge in [0.2, 0.25) is 5.88 Å². The van der Waals surface area contributed by atoms with E-state index >= 15 is 0 Å². The van der Waals surface area contributed by atoms with Crippen LogP contribution in [0.25, 0.3) is 21.8 Å². The number of rotatable bonds is 2. The maximum absolute atomic E-state index is 12.4. The lowest BCUT2D eigenvalue weighted by Gasteiger charge is -2.08. The Hall–Kier alpha value is -2.40. The van der Waals surface area contributed by atoms with E-state index in [1.54, 1.807) is 6.07 Å². The second-order valence-electron chi connectivity index (χ2n) is 4.86. The number of aromatic nitrogens is 2. The molecule has 106 valence electrons. The van der Waals surface area contributed by atoms with Gasteiger partial charge in [0.1, 0.15) is 5.56 Å². The van der Waals surface area contributed by atoms with Gasteiger partial charge in [-0.3, -0.25) is 4.79 Å². The first-order chi connectivity index (χ1) is 10.1. The minimum absolute atomic E-state index is 0.214. The van der Waals surface area contributed by atoms with E-state index in [4.69, 9.17) is 0 Å². The second kappa shape index (κ2) is 5.18. The van der Waals surface area contributed by atoms with E-state index in [1.165, 1.54) is 11.3 Å². The summed E-state index contributed by atoms with van der Waals surface area (Å²) >= 11 is 1.48. The molecule has 0 fully saturated rings. The van der Waals surface area contributed by atoms with Crippen LogP contribution in [0.3, 0.4) is 0 Å². The maximum Gasteiger partial charge on any atom is 0.262 e. The van der Waals surface area contributed by atoms with Crippen molar-refractivity contribution in [2.75, 3.05) is 0 Å². The molecule has 0 aliphatic carbocycles. The van der Waals surface area contributed by atoms with Gasteiger partial charge in [0.25, 0.3) is 5.56 Å². The number of aromatic hydroxyl groups is 1. The highest BCUT2D eigenvalue weighted by atomic mass is 32.1. The third kappa shape index (κ3) is 2.36. The minimum atomic E-state index is -0.334. The standard InChI is InChI=1S/C16H14N2O2S/c1-9-5-3-4-6-11(9)12-15(19)17-14(18-16(12)20)13-10(2)7-8-21-13/h3-8H,1-2H3,(H2,17,18,19,20). The van der Waals surface area contributed by atoms with Gasteiger partial charge in [-0.25, -0.2) is 0 Å². The van der Waals surface area contributed by atoms with Crippen molar-refractivity contribution in [3.8, 4) is 27.7 Å². The fourth-order valence-electron chi connectivity index (χ4n) is 2.28. The molecule has 0 radical (unpaired) electrons. The van der Waals surface area contributed by atoms with E-state index in [0.29, 0.717) is 11.4 Å². The molecule has 1 aromatic carbocycles. The van der Waals surface area contributed by atoms with Crippen LogP contribution in [-0.4, -0.2) is 15.1 Å². The highest BCUT2D eigenvalue weighted by Crippen LogP contribution is 2.30. The largest absolute Gasteiger partial charge is 0.493 e. The predicted molar refractivity (Wildman–Crippen MR) is 84.7 cm³/mol. The summed E-state index contributed by atoms with van der Waals surface area (Å²) < 4.78 is 0. The van der Waals surface area contributed by atoms with E-state index < -0.39 is 0 Å². The molecule has 0 atom stereocenters. The molecule has 0 unspecified atom stereocenters. The van der Waals surface area contributed by atoms with Gasteiger partial charge in [-0.15, -0.1) is 11.3 Å². The number of aromatic amines is 1. The Morgan fingerprint density at radius 1 is 1.14 bits per heavy atom. The second-order valence-corrected chi connectivity index (χ2v) is 5.78. The number of hydrogen-bond donors (Lipinski definition) is 2. The van der Waals surface area contributed by atoms with Gasteiger partial charge in [0.05, 0.1) is 4.88 Å². The summed E-state index contributed by atoms with van der Waals surface area (Å²) in [5.74, 6) is 0.165. The van der Waals surface area contributed by atoms with Crippen molar-refractivity contribution in [1.82, 2.24) is 9.97 Å². The van der Waals surface area contributed by atoms with Gasteiger partial charge in [0.15, 0.2) is 5.82 Å². The molecule has 0 bridgehead atoms. The molecule has 3 aromatic rings.